The number of aromatic nitrogens is 2. The van der Waals surface area contributed by atoms with Crippen molar-refractivity contribution in [3.8, 4) is 11.5 Å². The van der Waals surface area contributed by atoms with Gasteiger partial charge in [-0.05, 0) is 49.1 Å². The minimum atomic E-state index is -0.471. The molecule has 3 aromatic rings. The first-order valence-electron chi connectivity index (χ1n) is 11.3. The Labute approximate surface area is 197 Å². The SMILES string of the molecule is COc1cc(C(=O)NNC(=O)CCCc2nc3ccccc3c(=O)[nH]2)ccc1OCCC(C)C. The Morgan fingerprint density at radius 2 is 1.88 bits per heavy atom. The van der Waals surface area contributed by atoms with E-state index in [0.717, 1.165) is 6.42 Å². The number of carbonyl (C=O) groups excluding carboxylic acids is 2. The molecule has 180 valence electrons. The van der Waals surface area contributed by atoms with Gasteiger partial charge in [0.15, 0.2) is 11.5 Å². The Balaban J connectivity index is 1.47. The number of benzene rings is 2. The smallest absolute Gasteiger partial charge is 0.269 e. The lowest BCUT2D eigenvalue weighted by Crippen LogP contribution is -2.41. The van der Waals surface area contributed by atoms with E-state index < -0.39 is 5.91 Å². The second-order valence-electron chi connectivity index (χ2n) is 8.28. The maximum absolute atomic E-state index is 12.4. The Morgan fingerprint density at radius 1 is 1.09 bits per heavy atom. The third-order valence-electron chi connectivity index (χ3n) is 5.17. The second-order valence-corrected chi connectivity index (χ2v) is 8.28. The fraction of sp³-hybridized carbons (Fsp3) is 0.360. The number of aromatic amines is 1. The fourth-order valence-corrected chi connectivity index (χ4v) is 3.26. The maximum atomic E-state index is 12.4. The zero-order valence-electron chi connectivity index (χ0n) is 19.6. The van der Waals surface area contributed by atoms with E-state index in [9.17, 15) is 14.4 Å². The minimum Gasteiger partial charge on any atom is -0.493 e. The first-order chi connectivity index (χ1) is 16.4. The van der Waals surface area contributed by atoms with Crippen LogP contribution in [0.1, 0.15) is 49.3 Å². The summed E-state index contributed by atoms with van der Waals surface area (Å²) in [7, 11) is 1.51. The van der Waals surface area contributed by atoms with Crippen molar-refractivity contribution in [1.29, 1.82) is 0 Å². The standard InChI is InChI=1S/C25H30N4O5/c1-16(2)13-14-34-20-12-11-17(15-21(20)33-3)24(31)29-28-23(30)10-6-9-22-26-19-8-5-4-7-18(19)25(32)27-22/h4-5,7-8,11-12,15-16H,6,9-10,13-14H2,1-3H3,(H,28,30)(H,29,31)(H,26,27,32). The van der Waals surface area contributed by atoms with E-state index in [1.807, 2.05) is 6.07 Å². The average molecular weight is 467 g/mol. The first kappa shape index (κ1) is 24.8. The number of para-hydroxylation sites is 1. The van der Waals surface area contributed by atoms with Gasteiger partial charge >= 0.3 is 0 Å². The van der Waals surface area contributed by atoms with E-state index in [1.165, 1.54) is 7.11 Å². The van der Waals surface area contributed by atoms with E-state index in [1.54, 1.807) is 36.4 Å². The van der Waals surface area contributed by atoms with Crippen LogP contribution < -0.4 is 25.9 Å². The van der Waals surface area contributed by atoms with Crippen LogP contribution in [0.2, 0.25) is 0 Å². The third-order valence-corrected chi connectivity index (χ3v) is 5.17. The number of fused-ring (bicyclic) bond motifs is 1. The normalized spacial score (nSPS) is 10.8. The summed E-state index contributed by atoms with van der Waals surface area (Å²) in [4.78, 5) is 43.8. The molecule has 9 heteroatoms. The van der Waals surface area contributed by atoms with Gasteiger partial charge in [0.05, 0.1) is 24.6 Å². The van der Waals surface area contributed by atoms with Crippen LogP contribution in [0.3, 0.4) is 0 Å². The van der Waals surface area contributed by atoms with Gasteiger partial charge in [-0.1, -0.05) is 26.0 Å². The molecule has 1 aromatic heterocycles. The molecule has 0 fully saturated rings. The highest BCUT2D eigenvalue weighted by atomic mass is 16.5. The Bertz CT molecular complexity index is 1210. The summed E-state index contributed by atoms with van der Waals surface area (Å²) in [5, 5.41) is 0.526. The molecule has 0 unspecified atom stereocenters. The van der Waals surface area contributed by atoms with Gasteiger partial charge in [0.25, 0.3) is 11.5 Å². The van der Waals surface area contributed by atoms with Gasteiger partial charge in [-0.3, -0.25) is 25.2 Å². The minimum absolute atomic E-state index is 0.156. The van der Waals surface area contributed by atoms with Gasteiger partial charge in [-0.15, -0.1) is 0 Å². The molecule has 3 N–H and O–H groups in total. The molecule has 0 radical (unpaired) electrons. The third kappa shape index (κ3) is 6.81. The topological polar surface area (TPSA) is 122 Å². The van der Waals surface area contributed by atoms with Crippen LogP contribution >= 0.6 is 0 Å². The number of ether oxygens (including phenoxy) is 2. The average Bonchev–Trinajstić information content (AvgIpc) is 2.82. The van der Waals surface area contributed by atoms with Gasteiger partial charge < -0.3 is 14.5 Å². The van der Waals surface area contributed by atoms with Gasteiger partial charge in [0, 0.05) is 18.4 Å². The molecule has 0 bridgehead atoms. The van der Waals surface area contributed by atoms with E-state index in [4.69, 9.17) is 9.47 Å². The second kappa shape index (κ2) is 11.8. The van der Waals surface area contributed by atoms with E-state index in [0.29, 0.717) is 59.2 Å². The predicted octanol–water partition coefficient (Wildman–Crippen LogP) is 3.14. The summed E-state index contributed by atoms with van der Waals surface area (Å²) < 4.78 is 11.1. The van der Waals surface area contributed by atoms with Crippen molar-refractivity contribution in [2.45, 2.75) is 39.5 Å². The van der Waals surface area contributed by atoms with Crippen LogP contribution in [-0.2, 0) is 11.2 Å². The summed E-state index contributed by atoms with van der Waals surface area (Å²) >= 11 is 0. The van der Waals surface area contributed by atoms with Crippen molar-refractivity contribution >= 4 is 22.7 Å². The molecule has 0 spiro atoms. The Morgan fingerprint density at radius 3 is 2.65 bits per heavy atom. The molecule has 9 nitrogen and oxygen atoms in total. The Kier molecular flexibility index (Phi) is 8.61. The summed E-state index contributed by atoms with van der Waals surface area (Å²) in [5.41, 5.74) is 5.54. The van der Waals surface area contributed by atoms with Gasteiger partial charge in [0.2, 0.25) is 5.91 Å². The number of hydrogen-bond donors (Lipinski definition) is 3. The molecule has 0 atom stereocenters. The van der Waals surface area contributed by atoms with Crippen molar-refractivity contribution < 1.29 is 19.1 Å². The molecule has 0 aliphatic carbocycles. The number of rotatable bonds is 10. The zero-order valence-corrected chi connectivity index (χ0v) is 19.6. The highest BCUT2D eigenvalue weighted by Gasteiger charge is 2.13. The van der Waals surface area contributed by atoms with Crippen LogP contribution in [0.25, 0.3) is 10.9 Å². The number of hydrazine groups is 1. The number of H-pyrrole nitrogens is 1. The van der Waals surface area contributed by atoms with Crippen molar-refractivity contribution in [2.75, 3.05) is 13.7 Å². The number of methoxy groups -OCH3 is 1. The number of aryl methyl sites for hydroxylation is 1. The molecule has 2 aromatic carbocycles. The molecule has 0 aliphatic rings. The van der Waals surface area contributed by atoms with Crippen LogP contribution in [0, 0.1) is 5.92 Å². The zero-order chi connectivity index (χ0) is 24.5. The van der Waals surface area contributed by atoms with E-state index >= 15 is 0 Å². The van der Waals surface area contributed by atoms with E-state index in [2.05, 4.69) is 34.7 Å². The van der Waals surface area contributed by atoms with Gasteiger partial charge in [-0.25, -0.2) is 4.98 Å². The predicted molar refractivity (Wildman–Crippen MR) is 129 cm³/mol. The lowest BCUT2D eigenvalue weighted by atomic mass is 10.1. The van der Waals surface area contributed by atoms with Crippen LogP contribution in [0.5, 0.6) is 11.5 Å². The summed E-state index contributed by atoms with van der Waals surface area (Å²) in [6.45, 7) is 4.78. The highest BCUT2D eigenvalue weighted by molar-refractivity contribution is 5.96. The van der Waals surface area contributed by atoms with Gasteiger partial charge in [0.1, 0.15) is 5.82 Å². The largest absolute Gasteiger partial charge is 0.493 e. The summed E-state index contributed by atoms with van der Waals surface area (Å²) in [6.07, 6.45) is 1.95. The highest BCUT2D eigenvalue weighted by Crippen LogP contribution is 2.28. The molecule has 0 saturated carbocycles. The molecule has 0 saturated heterocycles. The molecular formula is C25H30N4O5. The van der Waals surface area contributed by atoms with Crippen molar-refractivity contribution in [3.63, 3.8) is 0 Å². The molecule has 2 amide bonds. The number of hydrogen-bond acceptors (Lipinski definition) is 6. The lowest BCUT2D eigenvalue weighted by Gasteiger charge is -2.13. The van der Waals surface area contributed by atoms with Crippen LogP contribution in [0.4, 0.5) is 0 Å². The van der Waals surface area contributed by atoms with Gasteiger partial charge in [-0.2, -0.15) is 0 Å². The molecule has 1 heterocycles. The summed E-state index contributed by atoms with van der Waals surface area (Å²) in [6, 6.07) is 11.9. The number of carbonyl (C=O) groups is 2. The van der Waals surface area contributed by atoms with Crippen molar-refractivity contribution in [3.05, 3.63) is 64.2 Å². The monoisotopic (exact) mass is 466 g/mol. The van der Waals surface area contributed by atoms with E-state index in [-0.39, 0.29) is 17.9 Å². The van der Waals surface area contributed by atoms with Crippen molar-refractivity contribution in [1.82, 2.24) is 20.8 Å². The maximum Gasteiger partial charge on any atom is 0.269 e. The van der Waals surface area contributed by atoms with Crippen molar-refractivity contribution in [2.24, 2.45) is 5.92 Å². The first-order valence-corrected chi connectivity index (χ1v) is 11.3. The Hall–Kier alpha value is -3.88. The molecular weight excluding hydrogens is 436 g/mol. The summed E-state index contributed by atoms with van der Waals surface area (Å²) in [5.74, 6) is 1.22. The molecule has 3 rings (SSSR count). The van der Waals surface area contributed by atoms with Crippen LogP contribution in [-0.4, -0.2) is 35.5 Å². The molecule has 34 heavy (non-hydrogen) atoms. The van der Waals surface area contributed by atoms with Crippen LogP contribution in [0.15, 0.2) is 47.3 Å². The number of nitrogens with one attached hydrogen (secondary N) is 3. The lowest BCUT2D eigenvalue weighted by molar-refractivity contribution is -0.121. The fourth-order valence-electron chi connectivity index (χ4n) is 3.26. The quantitative estimate of drug-likeness (QED) is 0.395. The number of amides is 2. The molecule has 0 aliphatic heterocycles. The number of nitrogens with zero attached hydrogens (tertiary/aromatic N) is 1.